The maximum Gasteiger partial charge on any atom is 0.169 e. The Morgan fingerprint density at radius 3 is 2.74 bits per heavy atom. The fraction of sp³-hybridized carbons (Fsp3) is 0.818. The van der Waals surface area contributed by atoms with E-state index in [2.05, 4.69) is 13.0 Å². The van der Waals surface area contributed by atoms with E-state index in [-0.39, 0.29) is 11.3 Å². The lowest BCUT2D eigenvalue weighted by Gasteiger charge is -2.73. The molecule has 5 heteroatoms. The molecule has 5 fully saturated rings. The average Bonchev–Trinajstić information content (AvgIpc) is 3.11. The Balaban J connectivity index is 1.59. The van der Waals surface area contributed by atoms with Crippen LogP contribution >= 0.6 is 0 Å². The number of fused-ring (bicyclic) bond motifs is 2. The van der Waals surface area contributed by atoms with Gasteiger partial charge in [-0.3, -0.25) is 0 Å². The molecule has 0 aromatic carbocycles. The molecule has 148 valence electrons. The summed E-state index contributed by atoms with van der Waals surface area (Å²) in [7, 11) is 1.70. The first-order valence-electron chi connectivity index (χ1n) is 10.5. The van der Waals surface area contributed by atoms with Gasteiger partial charge in [0.1, 0.15) is 5.60 Å². The fourth-order valence-electron chi connectivity index (χ4n) is 8.39. The van der Waals surface area contributed by atoms with Crippen LogP contribution in [0.5, 0.6) is 0 Å². The molecule has 1 unspecified atom stereocenters. The van der Waals surface area contributed by atoms with Crippen LogP contribution in [0.1, 0.15) is 51.9 Å². The maximum atomic E-state index is 12.2. The third-order valence-corrected chi connectivity index (χ3v) is 9.81. The van der Waals surface area contributed by atoms with E-state index >= 15 is 0 Å². The number of hydrogen-bond acceptors (Lipinski definition) is 5. The normalized spacial score (nSPS) is 62.8. The molecule has 0 aromatic heterocycles. The lowest BCUT2D eigenvalue weighted by atomic mass is 9.41. The number of ether oxygens (including phenoxy) is 2. The first-order chi connectivity index (χ1) is 12.8. The van der Waals surface area contributed by atoms with Crippen LogP contribution in [0.2, 0.25) is 0 Å². The first kappa shape index (κ1) is 17.2. The second-order valence-corrected chi connectivity index (χ2v) is 10.2. The Morgan fingerprint density at radius 1 is 1.15 bits per heavy atom. The van der Waals surface area contributed by atoms with Gasteiger partial charge >= 0.3 is 0 Å². The van der Waals surface area contributed by atoms with Crippen molar-refractivity contribution in [2.45, 2.75) is 81.1 Å². The van der Waals surface area contributed by atoms with Crippen molar-refractivity contribution in [3.8, 4) is 0 Å². The topological polar surface area (TPSA) is 79.2 Å². The van der Waals surface area contributed by atoms with Gasteiger partial charge in [0.2, 0.25) is 0 Å². The smallest absolute Gasteiger partial charge is 0.169 e. The molecule has 7 rings (SSSR count). The number of hydrogen-bond donors (Lipinski definition) is 3. The molecule has 3 N–H and O–H groups in total. The predicted molar refractivity (Wildman–Crippen MR) is 97.6 cm³/mol. The summed E-state index contributed by atoms with van der Waals surface area (Å²) in [5, 5.41) is 34.7. The minimum absolute atomic E-state index is 0.105. The molecule has 2 aliphatic heterocycles. The molecule has 0 aromatic rings. The SMILES string of the molecule is COC12CC[C@@]3(C)[C@H](CC=C4[C@@]5(O)CC[C@@H]6C=C[C@H](O)[C@@]65C[C@@H](O)[C@@]43O1)C2. The van der Waals surface area contributed by atoms with Gasteiger partial charge in [0, 0.05) is 30.8 Å². The predicted octanol–water partition coefficient (Wildman–Crippen LogP) is 2.06. The highest BCUT2D eigenvalue weighted by Gasteiger charge is 2.80. The Kier molecular flexibility index (Phi) is 2.99. The minimum Gasteiger partial charge on any atom is -0.390 e. The average molecular weight is 374 g/mol. The van der Waals surface area contributed by atoms with Gasteiger partial charge in [-0.1, -0.05) is 25.2 Å². The summed E-state index contributed by atoms with van der Waals surface area (Å²) in [6, 6.07) is 0. The maximum absolute atomic E-state index is 12.2. The second-order valence-electron chi connectivity index (χ2n) is 10.2. The molecule has 0 amide bonds. The summed E-state index contributed by atoms with van der Waals surface area (Å²) in [6.45, 7) is 2.24. The van der Waals surface area contributed by atoms with E-state index < -0.39 is 34.6 Å². The van der Waals surface area contributed by atoms with Gasteiger partial charge < -0.3 is 24.8 Å². The summed E-state index contributed by atoms with van der Waals surface area (Å²) in [4.78, 5) is 0. The van der Waals surface area contributed by atoms with Crippen LogP contribution in [0.15, 0.2) is 23.8 Å². The quantitative estimate of drug-likeness (QED) is 0.613. The summed E-state index contributed by atoms with van der Waals surface area (Å²) in [5.41, 5.74) is -2.17. The molecule has 5 nitrogen and oxygen atoms in total. The van der Waals surface area contributed by atoms with Crippen LogP contribution < -0.4 is 0 Å². The van der Waals surface area contributed by atoms with Crippen molar-refractivity contribution in [3.63, 3.8) is 0 Å². The largest absolute Gasteiger partial charge is 0.390 e. The van der Waals surface area contributed by atoms with Crippen LogP contribution in [0, 0.1) is 22.7 Å². The zero-order valence-corrected chi connectivity index (χ0v) is 16.1. The van der Waals surface area contributed by atoms with E-state index in [1.165, 1.54) is 0 Å². The third-order valence-electron chi connectivity index (χ3n) is 9.81. The van der Waals surface area contributed by atoms with Gasteiger partial charge in [-0.15, -0.1) is 0 Å². The molecule has 0 radical (unpaired) electrons. The van der Waals surface area contributed by atoms with E-state index in [0.717, 1.165) is 37.7 Å². The molecule has 9 atom stereocenters. The van der Waals surface area contributed by atoms with Gasteiger partial charge in [-0.2, -0.15) is 0 Å². The number of aliphatic hydroxyl groups excluding tert-OH is 2. The van der Waals surface area contributed by atoms with Gasteiger partial charge in [0.05, 0.1) is 17.8 Å². The molecule has 2 saturated heterocycles. The molecule has 7 aliphatic rings. The number of aliphatic hydroxyl groups is 3. The Morgan fingerprint density at radius 2 is 1.96 bits per heavy atom. The summed E-state index contributed by atoms with van der Waals surface area (Å²) in [6.07, 6.45) is 9.80. The highest BCUT2D eigenvalue weighted by atomic mass is 16.7. The monoisotopic (exact) mass is 374 g/mol. The summed E-state index contributed by atoms with van der Waals surface area (Å²) < 4.78 is 12.6. The summed E-state index contributed by atoms with van der Waals surface area (Å²) in [5.74, 6) is -0.193. The van der Waals surface area contributed by atoms with E-state index in [9.17, 15) is 15.3 Å². The highest BCUT2D eigenvalue weighted by molar-refractivity contribution is 5.48. The van der Waals surface area contributed by atoms with Gasteiger partial charge in [-0.05, 0) is 49.5 Å². The molecule has 27 heavy (non-hydrogen) atoms. The molecule has 3 saturated carbocycles. The fourth-order valence-corrected chi connectivity index (χ4v) is 8.39. The van der Waals surface area contributed by atoms with Gasteiger partial charge in [-0.25, -0.2) is 0 Å². The minimum atomic E-state index is -1.14. The van der Waals surface area contributed by atoms with Crippen molar-refractivity contribution in [1.29, 1.82) is 0 Å². The van der Waals surface area contributed by atoms with Crippen molar-refractivity contribution in [2.75, 3.05) is 7.11 Å². The van der Waals surface area contributed by atoms with Crippen molar-refractivity contribution >= 4 is 0 Å². The van der Waals surface area contributed by atoms with Crippen molar-refractivity contribution < 1.29 is 24.8 Å². The number of rotatable bonds is 1. The van der Waals surface area contributed by atoms with Crippen LogP contribution in [0.3, 0.4) is 0 Å². The molecule has 5 aliphatic carbocycles. The lowest BCUT2D eigenvalue weighted by molar-refractivity contribution is -0.408. The van der Waals surface area contributed by atoms with E-state index in [1.807, 2.05) is 12.2 Å². The van der Waals surface area contributed by atoms with Crippen LogP contribution in [0.4, 0.5) is 0 Å². The van der Waals surface area contributed by atoms with Gasteiger partial charge in [0.15, 0.2) is 5.79 Å². The van der Waals surface area contributed by atoms with Crippen molar-refractivity contribution in [3.05, 3.63) is 23.8 Å². The van der Waals surface area contributed by atoms with Crippen molar-refractivity contribution in [1.82, 2.24) is 0 Å². The van der Waals surface area contributed by atoms with Crippen LogP contribution in [0.25, 0.3) is 0 Å². The molecular formula is C22H30O5. The molecular weight excluding hydrogens is 344 g/mol. The summed E-state index contributed by atoms with van der Waals surface area (Å²) >= 11 is 0. The van der Waals surface area contributed by atoms with E-state index in [4.69, 9.17) is 9.47 Å². The molecule has 4 bridgehead atoms. The number of methoxy groups -OCH3 is 1. The Hall–Kier alpha value is -0.720. The molecule has 2 spiro atoms. The van der Waals surface area contributed by atoms with Crippen molar-refractivity contribution in [2.24, 2.45) is 22.7 Å². The van der Waals surface area contributed by atoms with E-state index in [0.29, 0.717) is 18.8 Å². The first-order valence-corrected chi connectivity index (χ1v) is 10.5. The standard InChI is InChI=1S/C22H30O5/c1-18-9-10-19(26-2)11-14(18)3-5-15-21(25)8-7-13-4-6-16(23)20(13,21)12-17(24)22(15,18)27-19/h4-6,13-14,16-17,23-25H,3,7-12H2,1-2H3/t13-,14+,16-,17+,18-,19?,20+,21-,22-/m0/s1. The highest BCUT2D eigenvalue weighted by Crippen LogP contribution is 2.75. The lowest BCUT2D eigenvalue weighted by Crippen LogP contribution is -2.79. The van der Waals surface area contributed by atoms with Crippen LogP contribution in [-0.4, -0.2) is 51.6 Å². The zero-order valence-electron chi connectivity index (χ0n) is 16.1. The van der Waals surface area contributed by atoms with Gasteiger partial charge in [0.25, 0.3) is 0 Å². The third kappa shape index (κ3) is 1.51. The van der Waals surface area contributed by atoms with E-state index in [1.54, 1.807) is 7.11 Å². The zero-order chi connectivity index (χ0) is 18.9. The Labute approximate surface area is 160 Å². The Bertz CT molecular complexity index is 777. The second kappa shape index (κ2) is 4.71. The number of allylic oxidation sites excluding steroid dienone is 2. The van der Waals surface area contributed by atoms with Crippen LogP contribution in [-0.2, 0) is 9.47 Å². The molecule has 2 heterocycles.